The van der Waals surface area contributed by atoms with Gasteiger partial charge in [-0.05, 0) is 42.8 Å². The number of halogens is 4. The number of aryl methyl sites for hydroxylation is 1. The number of hydrogen-bond acceptors (Lipinski definition) is 5. The van der Waals surface area contributed by atoms with Gasteiger partial charge in [0.05, 0.1) is 16.8 Å². The Morgan fingerprint density at radius 3 is 2.47 bits per heavy atom. The van der Waals surface area contributed by atoms with Crippen molar-refractivity contribution in [2.45, 2.75) is 13.1 Å². The van der Waals surface area contributed by atoms with Gasteiger partial charge < -0.3 is 19.5 Å². The fraction of sp³-hybridized carbons (Fsp3) is 0.261. The quantitative estimate of drug-likeness (QED) is 0.562. The first kappa shape index (κ1) is 23.6. The Bertz CT molecular complexity index is 1210. The molecule has 0 radical (unpaired) electrons. The Morgan fingerprint density at radius 2 is 1.85 bits per heavy atom. The van der Waals surface area contributed by atoms with Crippen molar-refractivity contribution in [1.82, 2.24) is 9.88 Å². The summed E-state index contributed by atoms with van der Waals surface area (Å²) in [5.41, 5.74) is 0.764. The highest BCUT2D eigenvalue weighted by atomic mass is 35.5. The zero-order valence-electron chi connectivity index (χ0n) is 18.0. The number of anilines is 2. The number of rotatable bonds is 4. The summed E-state index contributed by atoms with van der Waals surface area (Å²) in [6.07, 6.45) is -2.37. The molecule has 11 heteroatoms. The SMILES string of the molecule is Cc1ccc(C(=O)N2CCN(c3ncc(C(F)(F)F)cc3Cl)CC2)cc1NC(=O)c1ccco1. The average Bonchev–Trinajstić information content (AvgIpc) is 3.35. The van der Waals surface area contributed by atoms with Crippen molar-refractivity contribution in [2.75, 3.05) is 36.4 Å². The third-order valence-electron chi connectivity index (χ3n) is 5.49. The normalized spacial score (nSPS) is 14.3. The predicted molar refractivity (Wildman–Crippen MR) is 120 cm³/mol. The van der Waals surface area contributed by atoms with E-state index in [1.165, 1.54) is 12.3 Å². The van der Waals surface area contributed by atoms with Gasteiger partial charge in [-0.15, -0.1) is 0 Å². The van der Waals surface area contributed by atoms with Gasteiger partial charge in [-0.3, -0.25) is 9.59 Å². The fourth-order valence-electron chi connectivity index (χ4n) is 3.60. The molecule has 0 saturated carbocycles. The topological polar surface area (TPSA) is 78.7 Å². The highest BCUT2D eigenvalue weighted by molar-refractivity contribution is 6.33. The maximum atomic E-state index is 13.1. The number of pyridine rings is 1. The zero-order chi connectivity index (χ0) is 24.5. The molecule has 2 amide bonds. The van der Waals surface area contributed by atoms with Crippen LogP contribution in [0.3, 0.4) is 0 Å². The lowest BCUT2D eigenvalue weighted by molar-refractivity contribution is -0.137. The molecule has 7 nitrogen and oxygen atoms in total. The molecule has 34 heavy (non-hydrogen) atoms. The van der Waals surface area contributed by atoms with Crippen LogP contribution in [-0.2, 0) is 6.18 Å². The monoisotopic (exact) mass is 492 g/mol. The number of benzene rings is 1. The molecule has 0 unspecified atom stereocenters. The minimum absolute atomic E-state index is 0.0925. The van der Waals surface area contributed by atoms with Crippen molar-refractivity contribution in [2.24, 2.45) is 0 Å². The van der Waals surface area contributed by atoms with Gasteiger partial charge in [-0.1, -0.05) is 17.7 Å². The van der Waals surface area contributed by atoms with Crippen LogP contribution in [0.2, 0.25) is 5.02 Å². The van der Waals surface area contributed by atoms with Gasteiger partial charge >= 0.3 is 6.18 Å². The van der Waals surface area contributed by atoms with Crippen LogP contribution in [-0.4, -0.2) is 47.9 Å². The van der Waals surface area contributed by atoms with Gasteiger partial charge in [0.25, 0.3) is 11.8 Å². The van der Waals surface area contributed by atoms with Crippen LogP contribution in [0.15, 0.2) is 53.3 Å². The second-order valence-electron chi connectivity index (χ2n) is 7.77. The molecule has 1 fully saturated rings. The van der Waals surface area contributed by atoms with E-state index < -0.39 is 17.6 Å². The molecule has 178 valence electrons. The molecule has 1 aromatic carbocycles. The summed E-state index contributed by atoms with van der Waals surface area (Å²) in [5.74, 6) is -0.241. The third-order valence-corrected chi connectivity index (χ3v) is 5.77. The van der Waals surface area contributed by atoms with Crippen molar-refractivity contribution >= 4 is 34.9 Å². The smallest absolute Gasteiger partial charge is 0.417 e. The lowest BCUT2D eigenvalue weighted by Gasteiger charge is -2.36. The molecule has 1 aliphatic rings. The van der Waals surface area contributed by atoms with E-state index in [0.717, 1.165) is 17.8 Å². The molecule has 1 N–H and O–H groups in total. The number of amides is 2. The lowest BCUT2D eigenvalue weighted by atomic mass is 10.1. The second-order valence-corrected chi connectivity index (χ2v) is 8.17. The summed E-state index contributed by atoms with van der Waals surface area (Å²) < 4.78 is 43.7. The summed E-state index contributed by atoms with van der Waals surface area (Å²) in [4.78, 5) is 32.6. The molecular formula is C23H20ClF3N4O3. The van der Waals surface area contributed by atoms with Crippen molar-refractivity contribution in [3.8, 4) is 0 Å². The van der Waals surface area contributed by atoms with Crippen LogP contribution in [0.1, 0.15) is 32.0 Å². The van der Waals surface area contributed by atoms with E-state index in [-0.39, 0.29) is 22.5 Å². The number of carbonyl (C=O) groups excluding carboxylic acids is 2. The fourth-order valence-corrected chi connectivity index (χ4v) is 3.89. The van der Waals surface area contributed by atoms with E-state index >= 15 is 0 Å². The summed E-state index contributed by atoms with van der Waals surface area (Å²) in [5, 5.41) is 2.65. The van der Waals surface area contributed by atoms with E-state index in [1.54, 1.807) is 34.1 Å². The van der Waals surface area contributed by atoms with E-state index in [2.05, 4.69) is 10.3 Å². The average molecular weight is 493 g/mol. The Morgan fingerprint density at radius 1 is 1.12 bits per heavy atom. The van der Waals surface area contributed by atoms with E-state index in [0.29, 0.717) is 37.4 Å². The van der Waals surface area contributed by atoms with Gasteiger partial charge in [0.1, 0.15) is 5.82 Å². The maximum absolute atomic E-state index is 13.1. The number of furan rings is 1. The van der Waals surface area contributed by atoms with E-state index in [1.807, 2.05) is 6.92 Å². The Balaban J connectivity index is 1.42. The van der Waals surface area contributed by atoms with E-state index in [4.69, 9.17) is 16.0 Å². The van der Waals surface area contributed by atoms with Gasteiger partial charge in [0, 0.05) is 43.6 Å². The number of aromatic nitrogens is 1. The second kappa shape index (κ2) is 9.38. The van der Waals surface area contributed by atoms with Crippen LogP contribution in [0.5, 0.6) is 0 Å². The molecule has 1 saturated heterocycles. The molecule has 1 aliphatic heterocycles. The molecule has 0 spiro atoms. The van der Waals surface area contributed by atoms with Crippen molar-refractivity contribution < 1.29 is 27.2 Å². The van der Waals surface area contributed by atoms with Crippen LogP contribution in [0, 0.1) is 6.92 Å². The van der Waals surface area contributed by atoms with Gasteiger partial charge in [0.15, 0.2) is 5.76 Å². The summed E-state index contributed by atoms with van der Waals surface area (Å²) in [6.45, 7) is 3.20. The molecule has 0 atom stereocenters. The maximum Gasteiger partial charge on any atom is 0.417 e. The molecular weight excluding hydrogens is 473 g/mol. The Kier molecular flexibility index (Phi) is 6.52. The van der Waals surface area contributed by atoms with E-state index in [9.17, 15) is 22.8 Å². The number of piperazine rings is 1. The lowest BCUT2D eigenvalue weighted by Crippen LogP contribution is -2.49. The molecule has 3 aromatic rings. The summed E-state index contributed by atoms with van der Waals surface area (Å²) in [7, 11) is 0. The minimum Gasteiger partial charge on any atom is -0.459 e. The van der Waals surface area contributed by atoms with Crippen LogP contribution in [0.25, 0.3) is 0 Å². The molecule has 0 aliphatic carbocycles. The first-order valence-electron chi connectivity index (χ1n) is 10.4. The minimum atomic E-state index is -4.52. The largest absolute Gasteiger partial charge is 0.459 e. The van der Waals surface area contributed by atoms with Crippen molar-refractivity contribution in [3.05, 3.63) is 76.3 Å². The Labute approximate surface area is 198 Å². The number of hydrogen-bond donors (Lipinski definition) is 1. The summed E-state index contributed by atoms with van der Waals surface area (Å²) >= 11 is 6.05. The van der Waals surface area contributed by atoms with Crippen LogP contribution >= 0.6 is 11.6 Å². The third kappa shape index (κ3) is 5.01. The first-order valence-corrected chi connectivity index (χ1v) is 10.7. The number of nitrogens with zero attached hydrogens (tertiary/aromatic N) is 3. The molecule has 4 rings (SSSR count). The van der Waals surface area contributed by atoms with Gasteiger partial charge in [-0.25, -0.2) is 4.98 Å². The van der Waals surface area contributed by atoms with Crippen molar-refractivity contribution in [3.63, 3.8) is 0 Å². The zero-order valence-corrected chi connectivity index (χ0v) is 18.8. The van der Waals surface area contributed by atoms with Crippen LogP contribution < -0.4 is 10.2 Å². The number of carbonyl (C=O) groups is 2. The molecule has 2 aromatic heterocycles. The van der Waals surface area contributed by atoms with Gasteiger partial charge in [-0.2, -0.15) is 13.2 Å². The molecule has 3 heterocycles. The Hall–Kier alpha value is -3.53. The number of alkyl halides is 3. The number of nitrogens with one attached hydrogen (secondary N) is 1. The molecule has 0 bridgehead atoms. The summed E-state index contributed by atoms with van der Waals surface area (Å²) in [6, 6.07) is 9.03. The highest BCUT2D eigenvalue weighted by Crippen LogP contribution is 2.33. The first-order chi connectivity index (χ1) is 16.1. The van der Waals surface area contributed by atoms with Crippen LogP contribution in [0.4, 0.5) is 24.7 Å². The van der Waals surface area contributed by atoms with Crippen molar-refractivity contribution in [1.29, 1.82) is 0 Å². The predicted octanol–water partition coefficient (Wildman–Crippen LogP) is 4.87. The van der Waals surface area contributed by atoms with Gasteiger partial charge in [0.2, 0.25) is 0 Å². The highest BCUT2D eigenvalue weighted by Gasteiger charge is 2.32. The standard InChI is InChI=1S/C23H20ClF3N4O3/c1-14-4-5-15(11-18(14)29-21(32)19-3-2-10-34-19)22(33)31-8-6-30(7-9-31)20-17(24)12-16(13-28-20)23(25,26)27/h2-5,10-13H,6-9H2,1H3,(H,29,32).